The average molecular weight is 400 g/mol. The van der Waals surface area contributed by atoms with Crippen LogP contribution in [0.1, 0.15) is 54.7 Å². The van der Waals surface area contributed by atoms with E-state index in [0.29, 0.717) is 6.54 Å². The van der Waals surface area contributed by atoms with Crippen LogP contribution in [0.3, 0.4) is 0 Å². The van der Waals surface area contributed by atoms with Crippen LogP contribution in [0.4, 0.5) is 0 Å². The van der Waals surface area contributed by atoms with Gasteiger partial charge in [0.25, 0.3) is 0 Å². The third kappa shape index (κ3) is 6.17. The van der Waals surface area contributed by atoms with Crippen molar-refractivity contribution in [3.8, 4) is 0 Å². The van der Waals surface area contributed by atoms with E-state index >= 15 is 0 Å². The Kier molecular flexibility index (Phi) is 7.62. The van der Waals surface area contributed by atoms with Crippen LogP contribution in [0.15, 0.2) is 41.8 Å². The fraction of sp³-hybridized carbons (Fsp3) is 0.455. The molecular weight excluding hydrogens is 370 g/mol. The van der Waals surface area contributed by atoms with Gasteiger partial charge in [0.15, 0.2) is 0 Å². The van der Waals surface area contributed by atoms with Gasteiger partial charge < -0.3 is 10.6 Å². The topological polar surface area (TPSA) is 61.4 Å². The van der Waals surface area contributed by atoms with Gasteiger partial charge in [-0.1, -0.05) is 36.8 Å². The Bertz CT molecular complexity index is 770. The number of hydrogen-bond donors (Lipinski definition) is 2. The molecule has 0 aliphatic carbocycles. The molecule has 1 aromatic carbocycles. The Morgan fingerprint density at radius 3 is 2.50 bits per heavy atom. The van der Waals surface area contributed by atoms with Gasteiger partial charge in [-0.25, -0.2) is 0 Å². The van der Waals surface area contributed by atoms with Crippen LogP contribution in [0.2, 0.25) is 0 Å². The first-order valence-corrected chi connectivity index (χ1v) is 10.9. The Hall–Kier alpha value is -2.18. The van der Waals surface area contributed by atoms with Crippen LogP contribution in [0.25, 0.3) is 0 Å². The molecule has 0 radical (unpaired) electrons. The Labute approximate surface area is 171 Å². The maximum atomic E-state index is 12.5. The number of piperidine rings is 1. The second-order valence-corrected chi connectivity index (χ2v) is 8.33. The molecule has 1 aliphatic heterocycles. The number of rotatable bonds is 8. The number of carbonyl (C=O) groups is 2. The van der Waals surface area contributed by atoms with E-state index in [2.05, 4.69) is 33.7 Å². The van der Waals surface area contributed by atoms with Crippen LogP contribution < -0.4 is 10.6 Å². The summed E-state index contributed by atoms with van der Waals surface area (Å²) in [6, 6.07) is 11.9. The van der Waals surface area contributed by atoms with Crippen molar-refractivity contribution in [1.82, 2.24) is 15.5 Å². The van der Waals surface area contributed by atoms with E-state index in [1.807, 2.05) is 23.6 Å². The highest BCUT2D eigenvalue weighted by Gasteiger charge is 2.18. The lowest BCUT2D eigenvalue weighted by molar-refractivity contribution is -0.122. The van der Waals surface area contributed by atoms with Crippen molar-refractivity contribution in [2.45, 2.75) is 51.7 Å². The summed E-state index contributed by atoms with van der Waals surface area (Å²) in [5.41, 5.74) is 2.44. The summed E-state index contributed by atoms with van der Waals surface area (Å²) in [4.78, 5) is 27.5. The number of carbonyl (C=O) groups excluding carboxylic acids is 2. The summed E-state index contributed by atoms with van der Waals surface area (Å²) in [6.45, 7) is 5.24. The predicted molar refractivity (Wildman–Crippen MR) is 113 cm³/mol. The van der Waals surface area contributed by atoms with Crippen molar-refractivity contribution in [2.75, 3.05) is 13.1 Å². The van der Waals surface area contributed by atoms with Gasteiger partial charge in [0.05, 0.1) is 12.5 Å². The molecule has 2 aromatic rings. The molecule has 1 fully saturated rings. The molecule has 0 saturated carbocycles. The summed E-state index contributed by atoms with van der Waals surface area (Å²) < 4.78 is 0. The zero-order valence-electron chi connectivity index (χ0n) is 16.4. The highest BCUT2D eigenvalue weighted by molar-refractivity contribution is 7.10. The third-order valence-corrected chi connectivity index (χ3v) is 6.08. The molecule has 0 bridgehead atoms. The molecule has 150 valence electrons. The van der Waals surface area contributed by atoms with Gasteiger partial charge in [-0.3, -0.25) is 14.5 Å². The van der Waals surface area contributed by atoms with Crippen molar-refractivity contribution in [3.05, 3.63) is 57.8 Å². The van der Waals surface area contributed by atoms with E-state index in [0.717, 1.165) is 30.1 Å². The lowest BCUT2D eigenvalue weighted by atomic mass is 10.0. The molecule has 3 rings (SSSR count). The van der Waals surface area contributed by atoms with E-state index in [4.69, 9.17) is 0 Å². The minimum absolute atomic E-state index is 0.0556. The fourth-order valence-electron chi connectivity index (χ4n) is 3.65. The van der Waals surface area contributed by atoms with Crippen molar-refractivity contribution in [1.29, 1.82) is 0 Å². The van der Waals surface area contributed by atoms with E-state index in [1.165, 1.54) is 31.7 Å². The summed E-state index contributed by atoms with van der Waals surface area (Å²) in [5.74, 6) is -0.182. The van der Waals surface area contributed by atoms with Gasteiger partial charge in [0.2, 0.25) is 11.8 Å². The monoisotopic (exact) mass is 399 g/mol. The quantitative estimate of drug-likeness (QED) is 0.713. The molecule has 1 aromatic heterocycles. The average Bonchev–Trinajstić information content (AvgIpc) is 3.22. The number of likely N-dealkylation sites (tertiary alicyclic amines) is 1. The number of benzene rings is 1. The maximum absolute atomic E-state index is 12.5. The van der Waals surface area contributed by atoms with Crippen LogP contribution in [-0.2, 0) is 22.7 Å². The van der Waals surface area contributed by atoms with Crippen LogP contribution >= 0.6 is 11.3 Å². The number of thiophene rings is 1. The Morgan fingerprint density at radius 2 is 1.82 bits per heavy atom. The van der Waals surface area contributed by atoms with E-state index < -0.39 is 0 Å². The second-order valence-electron chi connectivity index (χ2n) is 7.35. The molecule has 0 spiro atoms. The largest absolute Gasteiger partial charge is 0.352 e. The molecule has 28 heavy (non-hydrogen) atoms. The first-order chi connectivity index (χ1) is 13.6. The first kappa shape index (κ1) is 20.6. The van der Waals surface area contributed by atoms with Gasteiger partial charge >= 0.3 is 0 Å². The number of amides is 2. The highest BCUT2D eigenvalue weighted by atomic mass is 32.1. The van der Waals surface area contributed by atoms with Crippen molar-refractivity contribution >= 4 is 23.2 Å². The van der Waals surface area contributed by atoms with Crippen LogP contribution in [-0.4, -0.2) is 29.8 Å². The molecule has 1 saturated heterocycles. The molecule has 1 unspecified atom stereocenters. The van der Waals surface area contributed by atoms with Crippen LogP contribution in [0.5, 0.6) is 0 Å². The van der Waals surface area contributed by atoms with Gasteiger partial charge in [0.1, 0.15) is 0 Å². The van der Waals surface area contributed by atoms with E-state index in [-0.39, 0.29) is 24.3 Å². The molecule has 5 nitrogen and oxygen atoms in total. The molecule has 1 aliphatic rings. The Balaban J connectivity index is 1.57. The lowest BCUT2D eigenvalue weighted by Gasteiger charge is -2.27. The smallest absolute Gasteiger partial charge is 0.222 e. The lowest BCUT2D eigenvalue weighted by Crippen LogP contribution is -2.32. The van der Waals surface area contributed by atoms with Crippen molar-refractivity contribution in [3.63, 3.8) is 0 Å². The zero-order valence-corrected chi connectivity index (χ0v) is 17.3. The summed E-state index contributed by atoms with van der Waals surface area (Å²) >= 11 is 1.55. The number of hydrogen-bond acceptors (Lipinski definition) is 4. The summed E-state index contributed by atoms with van der Waals surface area (Å²) in [6.07, 6.45) is 4.11. The minimum Gasteiger partial charge on any atom is -0.352 e. The van der Waals surface area contributed by atoms with E-state index in [1.54, 1.807) is 11.3 Å². The molecule has 2 N–H and O–H groups in total. The zero-order chi connectivity index (χ0) is 19.8. The van der Waals surface area contributed by atoms with Crippen molar-refractivity contribution in [2.24, 2.45) is 0 Å². The third-order valence-electron chi connectivity index (χ3n) is 5.09. The molecule has 2 amide bonds. The van der Waals surface area contributed by atoms with E-state index in [9.17, 15) is 9.59 Å². The minimum atomic E-state index is -0.277. The highest BCUT2D eigenvalue weighted by Crippen LogP contribution is 2.22. The number of nitrogens with one attached hydrogen (secondary N) is 2. The summed E-state index contributed by atoms with van der Waals surface area (Å²) in [5, 5.41) is 7.88. The SMILES string of the molecule is CC(=O)NC(CC(=O)NCc1ccccc1CN1CCCCC1)c1cccs1. The normalized spacial score (nSPS) is 15.8. The summed E-state index contributed by atoms with van der Waals surface area (Å²) in [7, 11) is 0. The van der Waals surface area contributed by atoms with Crippen molar-refractivity contribution < 1.29 is 9.59 Å². The molecular formula is C22H29N3O2S. The standard InChI is InChI=1S/C22H29N3O2S/c1-17(26)24-20(21-10-7-13-28-21)14-22(27)23-15-18-8-3-4-9-19(18)16-25-11-5-2-6-12-25/h3-4,7-10,13,20H,2,5-6,11-12,14-16H2,1H3,(H,23,27)(H,24,26). The van der Waals surface area contributed by atoms with Gasteiger partial charge in [-0.2, -0.15) is 0 Å². The Morgan fingerprint density at radius 1 is 1.07 bits per heavy atom. The van der Waals surface area contributed by atoms with Crippen LogP contribution in [0, 0.1) is 0 Å². The number of nitrogens with zero attached hydrogens (tertiary/aromatic N) is 1. The second kappa shape index (κ2) is 10.4. The predicted octanol–water partition coefficient (Wildman–Crippen LogP) is 3.62. The molecule has 6 heteroatoms. The fourth-order valence-corrected chi connectivity index (χ4v) is 4.43. The maximum Gasteiger partial charge on any atom is 0.222 e. The molecule has 2 heterocycles. The van der Waals surface area contributed by atoms with Gasteiger partial charge in [-0.05, 0) is 48.5 Å². The first-order valence-electron chi connectivity index (χ1n) is 9.98. The van der Waals surface area contributed by atoms with Gasteiger partial charge in [-0.15, -0.1) is 11.3 Å². The van der Waals surface area contributed by atoms with Gasteiger partial charge in [0, 0.05) is 24.9 Å². The molecule has 1 atom stereocenters.